The van der Waals surface area contributed by atoms with Crippen molar-refractivity contribution in [1.29, 1.82) is 0 Å². The lowest BCUT2D eigenvalue weighted by molar-refractivity contribution is -0.274. The average molecular weight is 356 g/mol. The maximum Gasteiger partial charge on any atom is 0.573 e. The van der Waals surface area contributed by atoms with Gasteiger partial charge in [0, 0.05) is 17.6 Å². The Hall–Kier alpha value is -2.58. The standard InChI is InChI=1S/C16H15F3N2O4/c17-16(18,19)25-9-6-4-8(5-7-9)20-14(23)12-13(22)10-2-1-3-11(10)21-15(12)24/h4-7,10-12H,1-3H2,(H,20,23)(H,21,24)/t10-,11+,12?/m0/s1. The number of Topliss-reactive ketones (excluding diaryl/α,β-unsaturated/α-hetero) is 1. The Balaban J connectivity index is 1.67. The molecule has 3 atom stereocenters. The van der Waals surface area contributed by atoms with Gasteiger partial charge in [0.25, 0.3) is 0 Å². The summed E-state index contributed by atoms with van der Waals surface area (Å²) in [5.74, 6) is -4.06. The molecule has 2 N–H and O–H groups in total. The van der Waals surface area contributed by atoms with Crippen molar-refractivity contribution in [2.45, 2.75) is 31.7 Å². The molecule has 25 heavy (non-hydrogen) atoms. The van der Waals surface area contributed by atoms with Crippen molar-refractivity contribution in [1.82, 2.24) is 5.32 Å². The molecule has 3 rings (SSSR count). The van der Waals surface area contributed by atoms with E-state index in [1.54, 1.807) is 0 Å². The third-order valence-electron chi connectivity index (χ3n) is 4.37. The Morgan fingerprint density at radius 1 is 1.16 bits per heavy atom. The quantitative estimate of drug-likeness (QED) is 0.812. The van der Waals surface area contributed by atoms with Crippen molar-refractivity contribution in [3.63, 3.8) is 0 Å². The maximum atomic E-state index is 12.4. The zero-order valence-corrected chi connectivity index (χ0v) is 12.9. The van der Waals surface area contributed by atoms with E-state index >= 15 is 0 Å². The fourth-order valence-corrected chi connectivity index (χ4v) is 3.29. The van der Waals surface area contributed by atoms with Gasteiger partial charge in [-0.25, -0.2) is 0 Å². The van der Waals surface area contributed by atoms with E-state index in [0.29, 0.717) is 6.42 Å². The number of amides is 2. The summed E-state index contributed by atoms with van der Waals surface area (Å²) in [6.45, 7) is 0. The van der Waals surface area contributed by atoms with E-state index in [2.05, 4.69) is 15.4 Å². The predicted octanol–water partition coefficient (Wildman–Crippen LogP) is 2.01. The van der Waals surface area contributed by atoms with Gasteiger partial charge < -0.3 is 15.4 Å². The van der Waals surface area contributed by atoms with Gasteiger partial charge >= 0.3 is 6.36 Å². The van der Waals surface area contributed by atoms with E-state index in [0.717, 1.165) is 25.0 Å². The fourth-order valence-electron chi connectivity index (χ4n) is 3.29. The molecule has 1 saturated carbocycles. The highest BCUT2D eigenvalue weighted by molar-refractivity contribution is 6.23. The normalized spacial score (nSPS) is 26.0. The molecule has 0 radical (unpaired) electrons. The highest BCUT2D eigenvalue weighted by Gasteiger charge is 2.48. The van der Waals surface area contributed by atoms with Gasteiger partial charge in [0.2, 0.25) is 11.8 Å². The first-order chi connectivity index (χ1) is 11.7. The van der Waals surface area contributed by atoms with Crippen molar-refractivity contribution < 1.29 is 32.3 Å². The number of benzene rings is 1. The molecular weight excluding hydrogens is 341 g/mol. The second-order valence-electron chi connectivity index (χ2n) is 6.05. The summed E-state index contributed by atoms with van der Waals surface area (Å²) in [4.78, 5) is 36.7. The van der Waals surface area contributed by atoms with E-state index in [4.69, 9.17) is 0 Å². The molecular formula is C16H15F3N2O4. The molecule has 134 valence electrons. The summed E-state index contributed by atoms with van der Waals surface area (Å²) in [5.41, 5.74) is 0.161. The molecule has 2 aliphatic rings. The van der Waals surface area contributed by atoms with Crippen molar-refractivity contribution >= 4 is 23.3 Å². The molecule has 1 aliphatic carbocycles. The number of ether oxygens (including phenoxy) is 1. The molecule has 1 aromatic rings. The fraction of sp³-hybridized carbons (Fsp3) is 0.438. The minimum atomic E-state index is -4.81. The van der Waals surface area contributed by atoms with Crippen LogP contribution in [0.4, 0.5) is 18.9 Å². The van der Waals surface area contributed by atoms with E-state index in [9.17, 15) is 27.6 Å². The Kier molecular flexibility index (Phi) is 4.40. The lowest BCUT2D eigenvalue weighted by atomic mass is 9.84. The molecule has 6 nitrogen and oxygen atoms in total. The molecule has 0 bridgehead atoms. The van der Waals surface area contributed by atoms with Crippen LogP contribution in [0.1, 0.15) is 19.3 Å². The Labute approximate surface area is 140 Å². The number of carbonyl (C=O) groups excluding carboxylic acids is 3. The summed E-state index contributed by atoms with van der Waals surface area (Å²) >= 11 is 0. The molecule has 0 spiro atoms. The van der Waals surface area contributed by atoms with Crippen molar-refractivity contribution in [2.24, 2.45) is 11.8 Å². The smallest absolute Gasteiger partial charge is 0.406 e. The van der Waals surface area contributed by atoms with Crippen LogP contribution in [0.15, 0.2) is 24.3 Å². The van der Waals surface area contributed by atoms with E-state index in [-0.39, 0.29) is 17.6 Å². The molecule has 2 fully saturated rings. The molecule has 1 aliphatic heterocycles. The SMILES string of the molecule is O=C(Nc1ccc(OC(F)(F)F)cc1)C1C(=O)N[C@@H]2CCC[C@@H]2C1=O. The zero-order chi connectivity index (χ0) is 18.2. The number of carbonyl (C=O) groups is 3. The first kappa shape index (κ1) is 17.2. The first-order valence-electron chi connectivity index (χ1n) is 7.75. The second kappa shape index (κ2) is 6.38. The molecule has 0 aromatic heterocycles. The lowest BCUT2D eigenvalue weighted by Crippen LogP contribution is -2.56. The van der Waals surface area contributed by atoms with Crippen LogP contribution < -0.4 is 15.4 Å². The average Bonchev–Trinajstić information content (AvgIpc) is 2.96. The lowest BCUT2D eigenvalue weighted by Gasteiger charge is -2.30. The number of rotatable bonds is 3. The van der Waals surface area contributed by atoms with E-state index in [1.165, 1.54) is 12.1 Å². The van der Waals surface area contributed by atoms with Gasteiger partial charge in [0.1, 0.15) is 5.75 Å². The van der Waals surface area contributed by atoms with Gasteiger partial charge in [0.05, 0.1) is 0 Å². The number of hydrogen-bond acceptors (Lipinski definition) is 4. The predicted molar refractivity (Wildman–Crippen MR) is 79.5 cm³/mol. The summed E-state index contributed by atoms with van der Waals surface area (Å²) in [6, 6.07) is 4.24. The van der Waals surface area contributed by atoms with Gasteiger partial charge in [0.15, 0.2) is 11.7 Å². The van der Waals surface area contributed by atoms with Crippen LogP contribution in [0.3, 0.4) is 0 Å². The van der Waals surface area contributed by atoms with Gasteiger partial charge in [-0.05, 0) is 37.1 Å². The van der Waals surface area contributed by atoms with Gasteiger partial charge in [-0.2, -0.15) is 0 Å². The summed E-state index contributed by atoms with van der Waals surface area (Å²) in [6.07, 6.45) is -2.64. The molecule has 9 heteroatoms. The molecule has 1 unspecified atom stereocenters. The Bertz CT molecular complexity index is 702. The van der Waals surface area contributed by atoms with Crippen LogP contribution in [0.5, 0.6) is 5.75 Å². The van der Waals surface area contributed by atoms with E-state index < -0.39 is 35.6 Å². The van der Waals surface area contributed by atoms with Crippen LogP contribution in [-0.2, 0) is 14.4 Å². The number of alkyl halides is 3. The van der Waals surface area contributed by atoms with Gasteiger partial charge in [-0.1, -0.05) is 6.42 Å². The molecule has 1 heterocycles. The number of halogens is 3. The van der Waals surface area contributed by atoms with Gasteiger partial charge in [-0.15, -0.1) is 13.2 Å². The van der Waals surface area contributed by atoms with Crippen LogP contribution in [0.2, 0.25) is 0 Å². The van der Waals surface area contributed by atoms with Crippen molar-refractivity contribution in [3.8, 4) is 5.75 Å². The van der Waals surface area contributed by atoms with Crippen LogP contribution in [-0.4, -0.2) is 30.0 Å². The molecule has 1 saturated heterocycles. The van der Waals surface area contributed by atoms with Crippen molar-refractivity contribution in [2.75, 3.05) is 5.32 Å². The largest absolute Gasteiger partial charge is 0.573 e. The van der Waals surface area contributed by atoms with Crippen molar-refractivity contribution in [3.05, 3.63) is 24.3 Å². The summed E-state index contributed by atoms with van der Waals surface area (Å²) < 4.78 is 40.1. The zero-order valence-electron chi connectivity index (χ0n) is 12.9. The summed E-state index contributed by atoms with van der Waals surface area (Å²) in [7, 11) is 0. The Morgan fingerprint density at radius 2 is 1.84 bits per heavy atom. The number of nitrogens with one attached hydrogen (secondary N) is 2. The monoisotopic (exact) mass is 356 g/mol. The number of ketones is 1. The number of fused-ring (bicyclic) bond motifs is 1. The molecule has 1 aromatic carbocycles. The van der Waals surface area contributed by atoms with Crippen LogP contribution in [0.25, 0.3) is 0 Å². The molecule has 2 amide bonds. The second-order valence-corrected chi connectivity index (χ2v) is 6.05. The summed E-state index contributed by atoms with van der Waals surface area (Å²) in [5, 5.41) is 5.08. The number of piperidine rings is 1. The van der Waals surface area contributed by atoms with E-state index in [1.807, 2.05) is 0 Å². The highest BCUT2D eigenvalue weighted by atomic mass is 19.4. The van der Waals surface area contributed by atoms with Crippen LogP contribution >= 0.6 is 0 Å². The number of hydrogen-bond donors (Lipinski definition) is 2. The Morgan fingerprint density at radius 3 is 2.48 bits per heavy atom. The highest BCUT2D eigenvalue weighted by Crippen LogP contribution is 2.32. The first-order valence-corrected chi connectivity index (χ1v) is 7.75. The van der Waals surface area contributed by atoms with Gasteiger partial charge in [-0.3, -0.25) is 14.4 Å². The third kappa shape index (κ3) is 3.75. The van der Waals surface area contributed by atoms with Crippen LogP contribution in [0, 0.1) is 11.8 Å². The third-order valence-corrected chi connectivity index (χ3v) is 4.37. The minimum absolute atomic E-state index is 0.161. The maximum absolute atomic E-state index is 12.4. The minimum Gasteiger partial charge on any atom is -0.406 e. The number of anilines is 1. The topological polar surface area (TPSA) is 84.5 Å².